The summed E-state index contributed by atoms with van der Waals surface area (Å²) >= 11 is 12.4. The number of carbonyl (C=O) groups excluding carboxylic acids is 2. The van der Waals surface area contributed by atoms with Crippen LogP contribution in [-0.2, 0) is 26.2 Å². The van der Waals surface area contributed by atoms with Gasteiger partial charge in [0.25, 0.3) is 0 Å². The number of benzene rings is 2. The van der Waals surface area contributed by atoms with Crippen LogP contribution in [0.25, 0.3) is 0 Å². The number of rotatable bonds is 13. The second kappa shape index (κ2) is 13.4. The van der Waals surface area contributed by atoms with Gasteiger partial charge in [0, 0.05) is 42.2 Å². The molecule has 2 aromatic carbocycles. The van der Waals surface area contributed by atoms with Gasteiger partial charge in [-0.1, -0.05) is 42.6 Å². The third-order valence-electron chi connectivity index (χ3n) is 6.15. The molecule has 0 spiro atoms. The van der Waals surface area contributed by atoms with Gasteiger partial charge in [-0.2, -0.15) is 0 Å². The molecular weight excluding hydrogens is 553 g/mol. The lowest BCUT2D eigenvalue weighted by Crippen LogP contribution is -2.48. The largest absolute Gasteiger partial charge is 0.454 e. The van der Waals surface area contributed by atoms with E-state index < -0.39 is 16.1 Å². The summed E-state index contributed by atoms with van der Waals surface area (Å²) in [6, 6.07) is 9.10. The van der Waals surface area contributed by atoms with Crippen molar-refractivity contribution >= 4 is 50.7 Å². The number of hydrogen-bond acceptors (Lipinski definition) is 6. The first-order valence-electron chi connectivity index (χ1n) is 12.4. The monoisotopic (exact) mass is 585 g/mol. The number of sulfonamides is 1. The van der Waals surface area contributed by atoms with Crippen molar-refractivity contribution in [3.63, 3.8) is 0 Å². The average molecular weight is 587 g/mol. The van der Waals surface area contributed by atoms with Crippen LogP contribution in [0.3, 0.4) is 0 Å². The number of nitrogens with zero attached hydrogens (tertiary/aromatic N) is 2. The van der Waals surface area contributed by atoms with E-state index in [4.69, 9.17) is 32.7 Å². The minimum Gasteiger partial charge on any atom is -0.454 e. The van der Waals surface area contributed by atoms with Crippen LogP contribution >= 0.6 is 23.2 Å². The predicted molar refractivity (Wildman–Crippen MR) is 148 cm³/mol. The Balaban J connectivity index is 1.73. The smallest absolute Gasteiger partial charge is 0.242 e. The zero-order chi connectivity index (χ0) is 27.9. The van der Waals surface area contributed by atoms with E-state index in [2.05, 4.69) is 5.32 Å². The summed E-state index contributed by atoms with van der Waals surface area (Å²) in [6.07, 6.45) is 3.12. The molecule has 12 heteroatoms. The molecule has 2 amide bonds. The van der Waals surface area contributed by atoms with E-state index >= 15 is 0 Å². The topological polar surface area (TPSA) is 105 Å². The molecule has 0 saturated carbocycles. The Morgan fingerprint density at radius 1 is 1.08 bits per heavy atom. The van der Waals surface area contributed by atoms with E-state index in [1.54, 1.807) is 43.3 Å². The lowest BCUT2D eigenvalue weighted by atomic mass is 10.1. The highest BCUT2D eigenvalue weighted by atomic mass is 35.5. The van der Waals surface area contributed by atoms with Crippen LogP contribution in [0.2, 0.25) is 10.0 Å². The number of fused-ring (bicyclic) bond motifs is 1. The maximum atomic E-state index is 13.4. The van der Waals surface area contributed by atoms with E-state index in [1.807, 2.05) is 6.92 Å². The Morgan fingerprint density at radius 3 is 2.50 bits per heavy atom. The molecule has 0 saturated heterocycles. The first kappa shape index (κ1) is 29.9. The number of amides is 2. The Bertz CT molecular complexity index is 1260. The quantitative estimate of drug-likeness (QED) is 0.344. The Labute approximate surface area is 234 Å². The lowest BCUT2D eigenvalue weighted by Gasteiger charge is -2.30. The van der Waals surface area contributed by atoms with Gasteiger partial charge in [0.15, 0.2) is 11.5 Å². The lowest BCUT2D eigenvalue weighted by molar-refractivity contribution is -0.140. The van der Waals surface area contributed by atoms with Crippen molar-refractivity contribution in [2.45, 2.75) is 52.1 Å². The molecular formula is C26H33Cl2N3O6S. The van der Waals surface area contributed by atoms with Crippen LogP contribution < -0.4 is 19.1 Å². The summed E-state index contributed by atoms with van der Waals surface area (Å²) in [4.78, 5) is 27.7. The van der Waals surface area contributed by atoms with Crippen molar-refractivity contribution in [2.24, 2.45) is 0 Å². The van der Waals surface area contributed by atoms with Crippen LogP contribution in [0.15, 0.2) is 36.4 Å². The molecule has 1 heterocycles. The summed E-state index contributed by atoms with van der Waals surface area (Å²) in [5.74, 6) is 0.435. The number of ether oxygens (including phenoxy) is 2. The van der Waals surface area contributed by atoms with Crippen LogP contribution in [0, 0.1) is 0 Å². The van der Waals surface area contributed by atoms with E-state index in [0.717, 1.165) is 19.1 Å². The summed E-state index contributed by atoms with van der Waals surface area (Å²) in [5, 5.41) is 3.72. The normalized spacial score (nSPS) is 13.2. The summed E-state index contributed by atoms with van der Waals surface area (Å²) in [5.41, 5.74) is 1.06. The standard InChI is InChI=1S/C26H33Cl2N3O6S/c1-4-5-12-29-26(33)18(2)30(16-19-8-9-20(27)14-22(19)28)25(32)7-6-13-31(38(3,34)35)21-10-11-23-24(15-21)37-17-36-23/h8-11,14-15,18H,4-7,12-13,16-17H2,1-3H3,(H,29,33)/t18-/m1/s1. The molecule has 1 aliphatic heterocycles. The number of hydrogen-bond donors (Lipinski definition) is 1. The van der Waals surface area contributed by atoms with Gasteiger partial charge in [0.2, 0.25) is 28.6 Å². The van der Waals surface area contributed by atoms with Gasteiger partial charge in [-0.3, -0.25) is 13.9 Å². The van der Waals surface area contributed by atoms with E-state index in [0.29, 0.717) is 39.3 Å². The first-order chi connectivity index (χ1) is 18.0. The van der Waals surface area contributed by atoms with Gasteiger partial charge in [0.1, 0.15) is 6.04 Å². The third kappa shape index (κ3) is 7.91. The molecule has 38 heavy (non-hydrogen) atoms. The number of unbranched alkanes of at least 4 members (excludes halogenated alkanes) is 1. The van der Waals surface area contributed by atoms with Gasteiger partial charge in [-0.25, -0.2) is 8.42 Å². The third-order valence-corrected chi connectivity index (χ3v) is 7.93. The highest BCUT2D eigenvalue weighted by Gasteiger charge is 2.27. The number of halogens is 2. The second-order valence-electron chi connectivity index (χ2n) is 9.05. The molecule has 0 aliphatic carbocycles. The van der Waals surface area contributed by atoms with Crippen molar-refractivity contribution in [1.82, 2.24) is 10.2 Å². The maximum Gasteiger partial charge on any atom is 0.242 e. The predicted octanol–water partition coefficient (Wildman–Crippen LogP) is 4.60. The highest BCUT2D eigenvalue weighted by Crippen LogP contribution is 2.36. The van der Waals surface area contributed by atoms with E-state index in [-0.39, 0.29) is 44.5 Å². The summed E-state index contributed by atoms with van der Waals surface area (Å²) in [7, 11) is -3.64. The molecule has 2 aromatic rings. The molecule has 0 fully saturated rings. The summed E-state index contributed by atoms with van der Waals surface area (Å²) < 4.78 is 37.0. The average Bonchev–Trinajstić information content (AvgIpc) is 3.33. The van der Waals surface area contributed by atoms with Gasteiger partial charge in [0.05, 0.1) is 11.9 Å². The minimum atomic E-state index is -3.64. The minimum absolute atomic E-state index is 0.0222. The highest BCUT2D eigenvalue weighted by molar-refractivity contribution is 7.92. The molecule has 9 nitrogen and oxygen atoms in total. The van der Waals surface area contributed by atoms with Gasteiger partial charge in [-0.05, 0) is 49.6 Å². The van der Waals surface area contributed by atoms with E-state index in [1.165, 1.54) is 9.21 Å². The fourth-order valence-electron chi connectivity index (χ4n) is 4.00. The van der Waals surface area contributed by atoms with Crippen LogP contribution in [0.4, 0.5) is 5.69 Å². The molecule has 1 atom stereocenters. The number of nitrogens with one attached hydrogen (secondary N) is 1. The SMILES string of the molecule is CCCCNC(=O)[C@@H](C)N(Cc1ccc(Cl)cc1Cl)C(=O)CCCN(c1ccc2c(c1)OCO2)S(C)(=O)=O. The van der Waals surface area contributed by atoms with Crippen molar-refractivity contribution in [3.8, 4) is 11.5 Å². The van der Waals surface area contributed by atoms with Crippen molar-refractivity contribution < 1.29 is 27.5 Å². The molecule has 0 radical (unpaired) electrons. The van der Waals surface area contributed by atoms with Crippen LogP contribution in [-0.4, -0.2) is 57.3 Å². The Morgan fingerprint density at radius 2 is 1.82 bits per heavy atom. The van der Waals surface area contributed by atoms with Gasteiger partial charge >= 0.3 is 0 Å². The summed E-state index contributed by atoms with van der Waals surface area (Å²) in [6.45, 7) is 4.45. The molecule has 0 bridgehead atoms. The Kier molecular flexibility index (Phi) is 10.5. The van der Waals surface area contributed by atoms with Crippen molar-refractivity contribution in [2.75, 3.05) is 30.4 Å². The molecule has 1 N–H and O–H groups in total. The Hall–Kier alpha value is -2.69. The second-order valence-corrected chi connectivity index (χ2v) is 11.8. The fourth-order valence-corrected chi connectivity index (χ4v) is 5.42. The van der Waals surface area contributed by atoms with Gasteiger partial charge in [-0.15, -0.1) is 0 Å². The zero-order valence-electron chi connectivity index (χ0n) is 21.7. The molecule has 3 rings (SSSR count). The number of carbonyl (C=O) groups is 2. The van der Waals surface area contributed by atoms with Gasteiger partial charge < -0.3 is 19.7 Å². The fraction of sp³-hybridized carbons (Fsp3) is 0.462. The molecule has 0 aromatic heterocycles. The van der Waals surface area contributed by atoms with Crippen molar-refractivity contribution in [1.29, 1.82) is 0 Å². The molecule has 0 unspecified atom stereocenters. The van der Waals surface area contributed by atoms with Crippen LogP contribution in [0.5, 0.6) is 11.5 Å². The molecule has 208 valence electrons. The zero-order valence-corrected chi connectivity index (χ0v) is 24.0. The van der Waals surface area contributed by atoms with Crippen LogP contribution in [0.1, 0.15) is 45.1 Å². The first-order valence-corrected chi connectivity index (χ1v) is 15.0. The maximum absolute atomic E-state index is 13.4. The number of anilines is 1. The molecule has 1 aliphatic rings. The van der Waals surface area contributed by atoms with E-state index in [9.17, 15) is 18.0 Å². The van der Waals surface area contributed by atoms with Crippen molar-refractivity contribution in [3.05, 3.63) is 52.0 Å².